The van der Waals surface area contributed by atoms with E-state index >= 15 is 0 Å². The van der Waals surface area contributed by atoms with Crippen LogP contribution >= 0.6 is 0 Å². The van der Waals surface area contributed by atoms with Crippen LogP contribution in [0.2, 0.25) is 0 Å². The van der Waals surface area contributed by atoms with Gasteiger partial charge < -0.3 is 4.90 Å². The summed E-state index contributed by atoms with van der Waals surface area (Å²) in [6.07, 6.45) is 4.28. The van der Waals surface area contributed by atoms with Gasteiger partial charge in [-0.1, -0.05) is 37.6 Å². The van der Waals surface area contributed by atoms with E-state index in [1.165, 1.54) is 40.1 Å². The van der Waals surface area contributed by atoms with Crippen LogP contribution in [-0.4, -0.2) is 18.1 Å². The number of pyridine rings is 1. The molecule has 2 heterocycles. The molecule has 116 valence electrons. The summed E-state index contributed by atoms with van der Waals surface area (Å²) < 4.78 is 0. The summed E-state index contributed by atoms with van der Waals surface area (Å²) in [5.74, 6) is 1.97. The second-order valence-electron chi connectivity index (χ2n) is 6.67. The zero-order chi connectivity index (χ0) is 15.7. The van der Waals surface area contributed by atoms with Crippen LogP contribution in [0, 0.1) is 19.8 Å². The van der Waals surface area contributed by atoms with Crippen molar-refractivity contribution in [1.82, 2.24) is 4.98 Å². The molecule has 0 unspecified atom stereocenters. The highest BCUT2D eigenvalue weighted by Gasteiger charge is 2.23. The Morgan fingerprint density at radius 2 is 2.00 bits per heavy atom. The lowest BCUT2D eigenvalue weighted by atomic mass is 9.94. The van der Waals surface area contributed by atoms with Crippen LogP contribution < -0.4 is 4.90 Å². The first-order valence-corrected chi connectivity index (χ1v) is 8.40. The van der Waals surface area contributed by atoms with Crippen LogP contribution in [0.15, 0.2) is 30.5 Å². The van der Waals surface area contributed by atoms with Crippen molar-refractivity contribution in [3.63, 3.8) is 0 Å². The molecule has 1 aliphatic rings. The van der Waals surface area contributed by atoms with E-state index in [9.17, 15) is 0 Å². The third kappa shape index (κ3) is 2.75. The quantitative estimate of drug-likeness (QED) is 0.810. The molecule has 2 heteroatoms. The van der Waals surface area contributed by atoms with Crippen molar-refractivity contribution in [2.24, 2.45) is 5.92 Å². The Morgan fingerprint density at radius 1 is 1.18 bits per heavy atom. The fourth-order valence-electron chi connectivity index (χ4n) is 3.51. The number of hydrogen-bond acceptors (Lipinski definition) is 2. The van der Waals surface area contributed by atoms with Crippen molar-refractivity contribution in [3.05, 3.63) is 47.2 Å². The number of aryl methyl sites for hydroxylation is 2. The van der Waals surface area contributed by atoms with Crippen molar-refractivity contribution in [1.29, 1.82) is 0 Å². The average molecular weight is 294 g/mol. The SMILES string of the molecule is CCc1c(-c2cc(C)ccc2C)ccnc1N1CC[C@H](C)C1. The van der Waals surface area contributed by atoms with E-state index in [1.807, 2.05) is 6.20 Å². The van der Waals surface area contributed by atoms with Crippen LogP contribution in [0.3, 0.4) is 0 Å². The molecule has 2 nitrogen and oxygen atoms in total. The molecule has 0 radical (unpaired) electrons. The summed E-state index contributed by atoms with van der Waals surface area (Å²) in [6.45, 7) is 11.2. The molecule has 2 aromatic rings. The third-order valence-corrected chi connectivity index (χ3v) is 4.79. The zero-order valence-corrected chi connectivity index (χ0v) is 14.2. The van der Waals surface area contributed by atoms with E-state index in [1.54, 1.807) is 0 Å². The largest absolute Gasteiger partial charge is 0.356 e. The first-order valence-electron chi connectivity index (χ1n) is 8.40. The minimum Gasteiger partial charge on any atom is -0.356 e. The highest BCUT2D eigenvalue weighted by molar-refractivity contribution is 5.75. The Kier molecular flexibility index (Phi) is 4.19. The molecule has 1 fully saturated rings. The van der Waals surface area contributed by atoms with Gasteiger partial charge >= 0.3 is 0 Å². The fraction of sp³-hybridized carbons (Fsp3) is 0.450. The van der Waals surface area contributed by atoms with Crippen molar-refractivity contribution in [2.45, 2.75) is 40.5 Å². The van der Waals surface area contributed by atoms with Gasteiger partial charge in [0.2, 0.25) is 0 Å². The minimum absolute atomic E-state index is 0.774. The predicted octanol–water partition coefficient (Wildman–Crippen LogP) is 4.77. The summed E-state index contributed by atoms with van der Waals surface area (Å²) in [5.41, 5.74) is 6.76. The fourth-order valence-corrected chi connectivity index (χ4v) is 3.51. The molecule has 0 N–H and O–H groups in total. The summed E-state index contributed by atoms with van der Waals surface area (Å²) in [7, 11) is 0. The van der Waals surface area contributed by atoms with Crippen molar-refractivity contribution in [2.75, 3.05) is 18.0 Å². The lowest BCUT2D eigenvalue weighted by Gasteiger charge is -2.23. The minimum atomic E-state index is 0.774. The number of nitrogens with zero attached hydrogens (tertiary/aromatic N) is 2. The van der Waals surface area contributed by atoms with Crippen LogP contribution in [-0.2, 0) is 6.42 Å². The van der Waals surface area contributed by atoms with Gasteiger partial charge in [0.25, 0.3) is 0 Å². The topological polar surface area (TPSA) is 16.1 Å². The first-order chi connectivity index (χ1) is 10.6. The van der Waals surface area contributed by atoms with E-state index in [0.29, 0.717) is 0 Å². The van der Waals surface area contributed by atoms with Gasteiger partial charge in [-0.3, -0.25) is 0 Å². The summed E-state index contributed by atoms with van der Waals surface area (Å²) in [5, 5.41) is 0. The third-order valence-electron chi connectivity index (χ3n) is 4.79. The Labute approximate surface area is 134 Å². The van der Waals surface area contributed by atoms with Crippen molar-refractivity contribution < 1.29 is 0 Å². The second-order valence-corrected chi connectivity index (χ2v) is 6.67. The van der Waals surface area contributed by atoms with Crippen LogP contribution in [0.25, 0.3) is 11.1 Å². The molecule has 1 aliphatic heterocycles. The van der Waals surface area contributed by atoms with Gasteiger partial charge in [-0.2, -0.15) is 0 Å². The normalized spacial score (nSPS) is 18.0. The van der Waals surface area contributed by atoms with Gasteiger partial charge in [0, 0.05) is 24.8 Å². The molecule has 0 spiro atoms. The predicted molar refractivity (Wildman–Crippen MR) is 94.5 cm³/mol. The summed E-state index contributed by atoms with van der Waals surface area (Å²) in [6, 6.07) is 8.90. The van der Waals surface area contributed by atoms with Gasteiger partial charge in [-0.25, -0.2) is 4.98 Å². The standard InChI is InChI=1S/C20H26N2/c1-5-17-18(19-12-14(2)6-7-16(19)4)8-10-21-20(17)22-11-9-15(3)13-22/h6-8,10,12,15H,5,9,11,13H2,1-4H3/t15-/m0/s1. The van der Waals surface area contributed by atoms with E-state index < -0.39 is 0 Å². The number of anilines is 1. The smallest absolute Gasteiger partial charge is 0.132 e. The van der Waals surface area contributed by atoms with Crippen LogP contribution in [0.1, 0.15) is 37.0 Å². The lowest BCUT2D eigenvalue weighted by molar-refractivity contribution is 0.658. The maximum atomic E-state index is 4.73. The van der Waals surface area contributed by atoms with E-state index in [2.05, 4.69) is 56.9 Å². The van der Waals surface area contributed by atoms with Gasteiger partial charge in [-0.05, 0) is 55.4 Å². The maximum absolute atomic E-state index is 4.73. The highest BCUT2D eigenvalue weighted by Crippen LogP contribution is 2.34. The molecule has 22 heavy (non-hydrogen) atoms. The zero-order valence-electron chi connectivity index (χ0n) is 14.2. The molecule has 3 rings (SSSR count). The molecule has 0 aliphatic carbocycles. The second kappa shape index (κ2) is 6.12. The lowest BCUT2D eigenvalue weighted by Crippen LogP contribution is -2.22. The van der Waals surface area contributed by atoms with Crippen LogP contribution in [0.5, 0.6) is 0 Å². The molecule has 1 atom stereocenters. The van der Waals surface area contributed by atoms with Gasteiger partial charge in [-0.15, -0.1) is 0 Å². The van der Waals surface area contributed by atoms with Crippen LogP contribution in [0.4, 0.5) is 5.82 Å². The number of aromatic nitrogens is 1. The van der Waals surface area contributed by atoms with Gasteiger partial charge in [0.05, 0.1) is 0 Å². The molecular formula is C20H26N2. The van der Waals surface area contributed by atoms with E-state index in [0.717, 1.165) is 25.4 Å². The molecular weight excluding hydrogens is 268 g/mol. The Hall–Kier alpha value is -1.83. The molecule has 0 bridgehead atoms. The molecule has 1 aromatic heterocycles. The van der Waals surface area contributed by atoms with Crippen molar-refractivity contribution >= 4 is 5.82 Å². The average Bonchev–Trinajstić information content (AvgIpc) is 2.95. The maximum Gasteiger partial charge on any atom is 0.132 e. The molecule has 0 saturated carbocycles. The summed E-state index contributed by atoms with van der Waals surface area (Å²) in [4.78, 5) is 7.20. The molecule has 1 aromatic carbocycles. The van der Waals surface area contributed by atoms with E-state index in [-0.39, 0.29) is 0 Å². The van der Waals surface area contributed by atoms with Gasteiger partial charge in [0.1, 0.15) is 5.82 Å². The number of hydrogen-bond donors (Lipinski definition) is 0. The highest BCUT2D eigenvalue weighted by atomic mass is 15.2. The van der Waals surface area contributed by atoms with Crippen molar-refractivity contribution in [3.8, 4) is 11.1 Å². The first kappa shape index (κ1) is 15.1. The Morgan fingerprint density at radius 3 is 2.68 bits per heavy atom. The van der Waals surface area contributed by atoms with Gasteiger partial charge in [0.15, 0.2) is 0 Å². The summed E-state index contributed by atoms with van der Waals surface area (Å²) >= 11 is 0. The number of benzene rings is 1. The molecule has 0 amide bonds. The molecule has 1 saturated heterocycles. The Bertz CT molecular complexity index is 675. The number of rotatable bonds is 3. The monoisotopic (exact) mass is 294 g/mol. The van der Waals surface area contributed by atoms with E-state index in [4.69, 9.17) is 4.98 Å². The Balaban J connectivity index is 2.10.